The molecule has 0 aliphatic rings. The lowest BCUT2D eigenvalue weighted by molar-refractivity contribution is -0.107. The van der Waals surface area contributed by atoms with Crippen molar-refractivity contribution < 1.29 is 9.53 Å². The number of carbonyl (C=O) groups excluding carboxylic acids is 1. The summed E-state index contributed by atoms with van der Waals surface area (Å²) in [6.07, 6.45) is 3.40. The van der Waals surface area contributed by atoms with Gasteiger partial charge in [0.05, 0.1) is 7.11 Å². The van der Waals surface area contributed by atoms with E-state index in [0.717, 1.165) is 29.4 Å². The third-order valence-corrected chi connectivity index (χ3v) is 2.77. The number of methoxy groups -OCH3 is 1. The minimum Gasteiger partial charge on any atom is -0.497 e. The second kappa shape index (κ2) is 5.81. The Morgan fingerprint density at radius 2 is 2.29 bits per heavy atom. The molecule has 0 aromatic heterocycles. The molecule has 0 aliphatic carbocycles. The van der Waals surface area contributed by atoms with Gasteiger partial charge in [-0.25, -0.2) is 0 Å². The zero-order chi connectivity index (χ0) is 10.4. The van der Waals surface area contributed by atoms with Gasteiger partial charge in [-0.1, -0.05) is 22.0 Å². The fraction of sp³-hybridized carbons (Fsp3) is 0.364. The molecule has 1 aromatic rings. The summed E-state index contributed by atoms with van der Waals surface area (Å²) in [6, 6.07) is 5.89. The van der Waals surface area contributed by atoms with Crippen LogP contribution in [0.4, 0.5) is 0 Å². The molecule has 0 N–H and O–H groups in total. The van der Waals surface area contributed by atoms with E-state index in [-0.39, 0.29) is 0 Å². The Morgan fingerprint density at radius 3 is 2.86 bits per heavy atom. The summed E-state index contributed by atoms with van der Waals surface area (Å²) in [6.45, 7) is 0. The number of benzene rings is 1. The van der Waals surface area contributed by atoms with Gasteiger partial charge >= 0.3 is 0 Å². The van der Waals surface area contributed by atoms with Crippen LogP contribution in [0.15, 0.2) is 22.7 Å². The standard InChI is InChI=1S/C11H13BrO2/c1-14-10-6-5-9(11(12)8-10)4-2-3-7-13/h5-8H,2-4H2,1H3. The van der Waals surface area contributed by atoms with Crippen molar-refractivity contribution in [3.8, 4) is 5.75 Å². The highest BCUT2D eigenvalue weighted by Gasteiger charge is 2.01. The maximum atomic E-state index is 10.1. The van der Waals surface area contributed by atoms with Crippen LogP contribution in [-0.2, 0) is 11.2 Å². The minimum absolute atomic E-state index is 0.623. The van der Waals surface area contributed by atoms with E-state index in [1.807, 2.05) is 18.2 Å². The number of rotatable bonds is 5. The van der Waals surface area contributed by atoms with Crippen molar-refractivity contribution in [2.24, 2.45) is 0 Å². The van der Waals surface area contributed by atoms with E-state index >= 15 is 0 Å². The summed E-state index contributed by atoms with van der Waals surface area (Å²) in [5, 5.41) is 0. The predicted molar refractivity (Wildman–Crippen MR) is 59.7 cm³/mol. The number of ether oxygens (including phenoxy) is 1. The van der Waals surface area contributed by atoms with Gasteiger partial charge in [0.25, 0.3) is 0 Å². The zero-order valence-corrected chi connectivity index (χ0v) is 9.71. The van der Waals surface area contributed by atoms with Gasteiger partial charge < -0.3 is 9.53 Å². The van der Waals surface area contributed by atoms with E-state index in [1.165, 1.54) is 5.56 Å². The van der Waals surface area contributed by atoms with Gasteiger partial charge in [0.2, 0.25) is 0 Å². The highest BCUT2D eigenvalue weighted by molar-refractivity contribution is 9.10. The van der Waals surface area contributed by atoms with Crippen molar-refractivity contribution in [2.75, 3.05) is 7.11 Å². The van der Waals surface area contributed by atoms with E-state index in [4.69, 9.17) is 4.74 Å². The first kappa shape index (κ1) is 11.2. The van der Waals surface area contributed by atoms with Gasteiger partial charge in [0, 0.05) is 10.9 Å². The van der Waals surface area contributed by atoms with E-state index in [0.29, 0.717) is 6.42 Å². The molecule has 2 nitrogen and oxygen atoms in total. The van der Waals surface area contributed by atoms with Crippen LogP contribution in [0.1, 0.15) is 18.4 Å². The molecule has 1 rings (SSSR count). The number of unbranched alkanes of at least 4 members (excludes halogenated alkanes) is 1. The Bertz CT molecular complexity index is 310. The monoisotopic (exact) mass is 256 g/mol. The molecule has 76 valence electrons. The van der Waals surface area contributed by atoms with Crippen LogP contribution in [0.3, 0.4) is 0 Å². The largest absolute Gasteiger partial charge is 0.497 e. The lowest BCUT2D eigenvalue weighted by Crippen LogP contribution is -1.89. The lowest BCUT2D eigenvalue weighted by Gasteiger charge is -2.05. The molecule has 0 heterocycles. The number of halogens is 1. The van der Waals surface area contributed by atoms with Gasteiger partial charge in [-0.15, -0.1) is 0 Å². The highest BCUT2D eigenvalue weighted by atomic mass is 79.9. The number of carbonyl (C=O) groups is 1. The molecule has 0 aliphatic heterocycles. The van der Waals surface area contributed by atoms with E-state index in [9.17, 15) is 4.79 Å². The number of aldehydes is 1. The SMILES string of the molecule is COc1ccc(CCCC=O)c(Br)c1. The molecule has 0 unspecified atom stereocenters. The van der Waals surface area contributed by atoms with Crippen LogP contribution in [-0.4, -0.2) is 13.4 Å². The summed E-state index contributed by atoms with van der Waals surface area (Å²) >= 11 is 3.47. The summed E-state index contributed by atoms with van der Waals surface area (Å²) in [5.41, 5.74) is 1.22. The molecular formula is C11H13BrO2. The van der Waals surface area contributed by atoms with Crippen LogP contribution in [0.2, 0.25) is 0 Å². The molecule has 0 radical (unpaired) electrons. The summed E-state index contributed by atoms with van der Waals surface area (Å²) in [5.74, 6) is 0.844. The first-order valence-corrected chi connectivity index (χ1v) is 5.33. The number of aryl methyl sites for hydroxylation is 1. The van der Waals surface area contributed by atoms with Gasteiger partial charge in [-0.3, -0.25) is 0 Å². The highest BCUT2D eigenvalue weighted by Crippen LogP contribution is 2.23. The predicted octanol–water partition coefficient (Wildman–Crippen LogP) is 2.98. The van der Waals surface area contributed by atoms with Crippen LogP contribution >= 0.6 is 15.9 Å². The van der Waals surface area contributed by atoms with E-state index in [1.54, 1.807) is 7.11 Å². The van der Waals surface area contributed by atoms with Crippen LogP contribution < -0.4 is 4.74 Å². The van der Waals surface area contributed by atoms with Crippen LogP contribution in [0, 0.1) is 0 Å². The summed E-state index contributed by atoms with van der Waals surface area (Å²) in [4.78, 5) is 10.1. The molecule has 0 bridgehead atoms. The minimum atomic E-state index is 0.623. The lowest BCUT2D eigenvalue weighted by atomic mass is 10.1. The molecule has 3 heteroatoms. The van der Waals surface area contributed by atoms with Crippen molar-refractivity contribution in [1.29, 1.82) is 0 Å². The number of hydrogen-bond donors (Lipinski definition) is 0. The zero-order valence-electron chi connectivity index (χ0n) is 8.13. The van der Waals surface area contributed by atoms with Crippen molar-refractivity contribution in [2.45, 2.75) is 19.3 Å². The fourth-order valence-electron chi connectivity index (χ4n) is 1.23. The second-order valence-electron chi connectivity index (χ2n) is 3.02. The molecule has 0 saturated heterocycles. The Labute approximate surface area is 92.4 Å². The maximum absolute atomic E-state index is 10.1. The topological polar surface area (TPSA) is 26.3 Å². The maximum Gasteiger partial charge on any atom is 0.120 e. The molecule has 0 saturated carbocycles. The van der Waals surface area contributed by atoms with Crippen molar-refractivity contribution in [3.63, 3.8) is 0 Å². The molecule has 14 heavy (non-hydrogen) atoms. The van der Waals surface area contributed by atoms with Gasteiger partial charge in [-0.2, -0.15) is 0 Å². The Morgan fingerprint density at radius 1 is 1.50 bits per heavy atom. The quantitative estimate of drug-likeness (QED) is 0.598. The average molecular weight is 257 g/mol. The Hall–Kier alpha value is -0.830. The van der Waals surface area contributed by atoms with Gasteiger partial charge in [0.1, 0.15) is 12.0 Å². The van der Waals surface area contributed by atoms with Crippen molar-refractivity contribution in [1.82, 2.24) is 0 Å². The summed E-state index contributed by atoms with van der Waals surface area (Å²) in [7, 11) is 1.65. The smallest absolute Gasteiger partial charge is 0.120 e. The normalized spacial score (nSPS) is 9.86. The van der Waals surface area contributed by atoms with Gasteiger partial charge in [-0.05, 0) is 30.5 Å². The van der Waals surface area contributed by atoms with E-state index in [2.05, 4.69) is 15.9 Å². The third kappa shape index (κ3) is 3.14. The van der Waals surface area contributed by atoms with Crippen LogP contribution in [0.25, 0.3) is 0 Å². The first-order chi connectivity index (χ1) is 6.77. The first-order valence-electron chi connectivity index (χ1n) is 4.54. The third-order valence-electron chi connectivity index (χ3n) is 2.03. The number of hydrogen-bond acceptors (Lipinski definition) is 2. The molecule has 1 aromatic carbocycles. The molecular weight excluding hydrogens is 244 g/mol. The van der Waals surface area contributed by atoms with Crippen molar-refractivity contribution in [3.05, 3.63) is 28.2 Å². The molecule has 0 amide bonds. The van der Waals surface area contributed by atoms with Crippen LogP contribution in [0.5, 0.6) is 5.75 Å². The summed E-state index contributed by atoms with van der Waals surface area (Å²) < 4.78 is 6.13. The van der Waals surface area contributed by atoms with E-state index < -0.39 is 0 Å². The molecule has 0 fully saturated rings. The fourth-order valence-corrected chi connectivity index (χ4v) is 1.79. The molecule has 0 spiro atoms. The Balaban J connectivity index is 2.63. The van der Waals surface area contributed by atoms with Gasteiger partial charge in [0.15, 0.2) is 0 Å². The molecule has 0 atom stereocenters. The second-order valence-corrected chi connectivity index (χ2v) is 3.87. The Kier molecular flexibility index (Phi) is 4.66. The average Bonchev–Trinajstić information content (AvgIpc) is 2.20. The van der Waals surface area contributed by atoms with Crippen molar-refractivity contribution >= 4 is 22.2 Å².